The van der Waals surface area contributed by atoms with Crippen LogP contribution in [-0.4, -0.2) is 42.4 Å². The van der Waals surface area contributed by atoms with Crippen LogP contribution in [0.15, 0.2) is 0 Å². The minimum Gasteiger partial charge on any atom is -0.481 e. The van der Waals surface area contributed by atoms with E-state index in [1.807, 2.05) is 0 Å². The van der Waals surface area contributed by atoms with E-state index in [4.69, 9.17) is 5.11 Å². The van der Waals surface area contributed by atoms with Gasteiger partial charge in [-0.25, -0.2) is 8.42 Å². The van der Waals surface area contributed by atoms with E-state index in [2.05, 4.69) is 0 Å². The number of hydrogen-bond donors (Lipinski definition) is 1. The smallest absolute Gasteiger partial charge is 0.481 e. The molecule has 17 heavy (non-hydrogen) atoms. The van der Waals surface area contributed by atoms with Crippen LogP contribution in [0.3, 0.4) is 0 Å². The summed E-state index contributed by atoms with van der Waals surface area (Å²) in [7, 11) is -5.43. The topological polar surface area (TPSA) is 74.7 Å². The van der Waals surface area contributed by atoms with Crippen molar-refractivity contribution in [2.24, 2.45) is 5.41 Å². The summed E-state index contributed by atoms with van der Waals surface area (Å²) in [4.78, 5) is 10.9. The first-order valence-corrected chi connectivity index (χ1v) is 6.24. The predicted molar refractivity (Wildman–Crippen MR) is 51.5 cm³/mol. The monoisotopic (exact) mass is 275 g/mol. The van der Waals surface area contributed by atoms with Gasteiger partial charge in [-0.2, -0.15) is 17.5 Å². The predicted octanol–water partition coefficient (Wildman–Crippen LogP) is 1.02. The van der Waals surface area contributed by atoms with Gasteiger partial charge in [0.1, 0.15) is 0 Å². The number of rotatable bonds is 2. The van der Waals surface area contributed by atoms with Crippen LogP contribution in [0.1, 0.15) is 19.8 Å². The molecule has 1 heterocycles. The highest BCUT2D eigenvalue weighted by molar-refractivity contribution is 7.90. The standard InChI is InChI=1S/C8H12F3NO4S/c1-7(6(13)14)3-2-4-12(5-7)17(15,16)8(9,10)11/h2-5H2,1H3,(H,13,14). The number of hydrogen-bond acceptors (Lipinski definition) is 3. The number of piperidine rings is 1. The van der Waals surface area contributed by atoms with Gasteiger partial charge in [0, 0.05) is 13.1 Å². The highest BCUT2D eigenvalue weighted by atomic mass is 32.2. The molecule has 0 radical (unpaired) electrons. The minimum absolute atomic E-state index is 0.0953. The Morgan fingerprint density at radius 1 is 1.41 bits per heavy atom. The molecule has 0 aromatic heterocycles. The molecule has 9 heteroatoms. The molecule has 0 amide bonds. The van der Waals surface area contributed by atoms with Crippen molar-refractivity contribution in [3.8, 4) is 0 Å². The zero-order valence-corrected chi connectivity index (χ0v) is 9.81. The SMILES string of the molecule is CC1(C(=O)O)CCCN(S(=O)(=O)C(F)(F)F)C1. The Hall–Kier alpha value is -0.830. The molecule has 0 aliphatic carbocycles. The van der Waals surface area contributed by atoms with Crippen molar-refractivity contribution < 1.29 is 31.5 Å². The van der Waals surface area contributed by atoms with Gasteiger partial charge in [0.25, 0.3) is 0 Å². The van der Waals surface area contributed by atoms with Gasteiger partial charge in [0.15, 0.2) is 0 Å². The first kappa shape index (κ1) is 14.2. The first-order chi connectivity index (χ1) is 7.51. The Morgan fingerprint density at radius 2 is 1.94 bits per heavy atom. The van der Waals surface area contributed by atoms with Gasteiger partial charge in [0.2, 0.25) is 0 Å². The van der Waals surface area contributed by atoms with Crippen molar-refractivity contribution >= 4 is 16.0 Å². The number of sulfonamides is 1. The summed E-state index contributed by atoms with van der Waals surface area (Å²) >= 11 is 0. The average molecular weight is 275 g/mol. The number of nitrogens with zero attached hydrogens (tertiary/aromatic N) is 1. The first-order valence-electron chi connectivity index (χ1n) is 4.80. The molecule has 1 rings (SSSR count). The van der Waals surface area contributed by atoms with Crippen molar-refractivity contribution in [2.75, 3.05) is 13.1 Å². The molecule has 1 saturated heterocycles. The fourth-order valence-electron chi connectivity index (χ4n) is 1.72. The van der Waals surface area contributed by atoms with E-state index in [0.717, 1.165) is 0 Å². The van der Waals surface area contributed by atoms with E-state index >= 15 is 0 Å². The van der Waals surface area contributed by atoms with Gasteiger partial charge >= 0.3 is 21.5 Å². The van der Waals surface area contributed by atoms with Crippen LogP contribution in [0.2, 0.25) is 0 Å². The van der Waals surface area contributed by atoms with Crippen molar-refractivity contribution in [1.29, 1.82) is 0 Å². The molecule has 5 nitrogen and oxygen atoms in total. The van der Waals surface area contributed by atoms with Gasteiger partial charge < -0.3 is 5.11 Å². The molecule has 1 fully saturated rings. The van der Waals surface area contributed by atoms with Crippen molar-refractivity contribution in [1.82, 2.24) is 4.31 Å². The maximum absolute atomic E-state index is 12.3. The molecular weight excluding hydrogens is 263 g/mol. The largest absolute Gasteiger partial charge is 0.511 e. The Bertz CT molecular complexity index is 419. The van der Waals surface area contributed by atoms with Crippen molar-refractivity contribution in [2.45, 2.75) is 25.3 Å². The highest BCUT2D eigenvalue weighted by Gasteiger charge is 2.53. The fraction of sp³-hybridized carbons (Fsp3) is 0.875. The van der Waals surface area contributed by atoms with Crippen LogP contribution in [0.4, 0.5) is 13.2 Å². The number of aliphatic carboxylic acids is 1. The minimum atomic E-state index is -5.43. The Kier molecular flexibility index (Phi) is 3.45. The molecule has 0 saturated carbocycles. The molecular formula is C8H12F3NO4S. The third kappa shape index (κ3) is 2.54. The van der Waals surface area contributed by atoms with Crippen molar-refractivity contribution in [3.05, 3.63) is 0 Å². The van der Waals surface area contributed by atoms with E-state index in [0.29, 0.717) is 0 Å². The third-order valence-corrected chi connectivity index (χ3v) is 4.39. The normalized spacial score (nSPS) is 28.0. The average Bonchev–Trinajstić information content (AvgIpc) is 2.15. The van der Waals surface area contributed by atoms with E-state index < -0.39 is 33.5 Å². The van der Waals surface area contributed by atoms with Crippen LogP contribution >= 0.6 is 0 Å². The summed E-state index contributed by atoms with van der Waals surface area (Å²) in [6.07, 6.45) is 0.254. The van der Waals surface area contributed by atoms with Gasteiger partial charge in [-0.3, -0.25) is 4.79 Å². The number of carbonyl (C=O) groups is 1. The zero-order chi connectivity index (χ0) is 13.5. The highest BCUT2D eigenvalue weighted by Crippen LogP contribution is 2.35. The fourth-order valence-corrected chi connectivity index (χ4v) is 2.84. The number of carboxylic acid groups (broad SMARTS) is 1. The molecule has 0 bridgehead atoms. The van der Waals surface area contributed by atoms with Crippen LogP contribution in [0.25, 0.3) is 0 Å². The van der Waals surface area contributed by atoms with Gasteiger partial charge in [-0.1, -0.05) is 0 Å². The maximum atomic E-state index is 12.3. The zero-order valence-electron chi connectivity index (χ0n) is 8.99. The van der Waals surface area contributed by atoms with E-state index in [-0.39, 0.29) is 23.7 Å². The van der Waals surface area contributed by atoms with Crippen LogP contribution in [0.5, 0.6) is 0 Å². The lowest BCUT2D eigenvalue weighted by atomic mass is 9.83. The summed E-state index contributed by atoms with van der Waals surface area (Å²) in [5.41, 5.74) is -6.85. The second-order valence-corrected chi connectivity index (χ2v) is 6.18. The lowest BCUT2D eigenvalue weighted by Crippen LogP contribution is -2.51. The summed E-state index contributed by atoms with van der Waals surface area (Å²) in [6.45, 7) is 0.294. The lowest BCUT2D eigenvalue weighted by Gasteiger charge is -2.36. The van der Waals surface area contributed by atoms with Crippen molar-refractivity contribution in [3.63, 3.8) is 0 Å². The van der Waals surface area contributed by atoms with Crippen LogP contribution in [-0.2, 0) is 14.8 Å². The molecule has 1 atom stereocenters. The van der Waals surface area contributed by atoms with Gasteiger partial charge in [0.05, 0.1) is 5.41 Å². The second-order valence-electron chi connectivity index (χ2n) is 4.25. The molecule has 0 aromatic rings. The quantitative estimate of drug-likeness (QED) is 0.816. The number of halogens is 3. The molecule has 1 aliphatic heterocycles. The van der Waals surface area contributed by atoms with Gasteiger partial charge in [-0.15, -0.1) is 0 Å². The number of alkyl halides is 3. The summed E-state index contributed by atoms with van der Waals surface area (Å²) in [6, 6.07) is 0. The molecule has 0 spiro atoms. The number of carboxylic acids is 1. The Balaban J connectivity index is 3.00. The Labute approximate surface area is 96.3 Å². The lowest BCUT2D eigenvalue weighted by molar-refractivity contribution is -0.150. The molecule has 1 N–H and O–H groups in total. The summed E-state index contributed by atoms with van der Waals surface area (Å²) in [5.74, 6) is -1.29. The maximum Gasteiger partial charge on any atom is 0.511 e. The van der Waals surface area contributed by atoms with E-state index in [9.17, 15) is 26.4 Å². The van der Waals surface area contributed by atoms with Crippen LogP contribution < -0.4 is 0 Å². The van der Waals surface area contributed by atoms with Crippen LogP contribution in [0, 0.1) is 5.41 Å². The van der Waals surface area contributed by atoms with E-state index in [1.54, 1.807) is 0 Å². The summed E-state index contributed by atoms with van der Waals surface area (Å²) < 4.78 is 59.3. The molecule has 0 aromatic carbocycles. The Morgan fingerprint density at radius 3 is 2.35 bits per heavy atom. The summed E-state index contributed by atoms with van der Waals surface area (Å²) in [5, 5.41) is 8.88. The second kappa shape index (κ2) is 4.13. The molecule has 1 aliphatic rings. The molecule has 1 unspecified atom stereocenters. The van der Waals surface area contributed by atoms with E-state index in [1.165, 1.54) is 6.92 Å². The third-order valence-electron chi connectivity index (χ3n) is 2.81. The van der Waals surface area contributed by atoms with Gasteiger partial charge in [-0.05, 0) is 19.8 Å². The molecule has 100 valence electrons.